The van der Waals surface area contributed by atoms with Gasteiger partial charge >= 0.3 is 0 Å². The SMILES string of the molecule is CC(CO)Sc1ccccc1CNC1CC1. The van der Waals surface area contributed by atoms with Crippen molar-refractivity contribution in [2.45, 2.75) is 42.5 Å². The van der Waals surface area contributed by atoms with Crippen molar-refractivity contribution >= 4 is 11.8 Å². The fourth-order valence-electron chi connectivity index (χ4n) is 1.56. The Bertz CT molecular complexity index is 338. The van der Waals surface area contributed by atoms with Gasteiger partial charge in [0.1, 0.15) is 0 Å². The molecule has 1 saturated carbocycles. The van der Waals surface area contributed by atoms with Gasteiger partial charge < -0.3 is 10.4 Å². The number of rotatable bonds is 6. The molecule has 1 unspecified atom stereocenters. The molecule has 0 bridgehead atoms. The van der Waals surface area contributed by atoms with E-state index < -0.39 is 0 Å². The van der Waals surface area contributed by atoms with Gasteiger partial charge in [0, 0.05) is 22.7 Å². The smallest absolute Gasteiger partial charge is 0.0550 e. The third-order valence-corrected chi connectivity index (χ3v) is 3.92. The van der Waals surface area contributed by atoms with Crippen LogP contribution in [0, 0.1) is 0 Å². The number of benzene rings is 1. The Hall–Kier alpha value is -0.510. The molecule has 0 radical (unpaired) electrons. The summed E-state index contributed by atoms with van der Waals surface area (Å²) in [6.45, 7) is 3.23. The Kier molecular flexibility index (Phi) is 4.27. The molecule has 1 aromatic carbocycles. The van der Waals surface area contributed by atoms with E-state index in [0.29, 0.717) is 0 Å². The molecule has 2 nitrogen and oxygen atoms in total. The van der Waals surface area contributed by atoms with E-state index in [2.05, 4.69) is 36.5 Å². The van der Waals surface area contributed by atoms with Crippen LogP contribution in [-0.4, -0.2) is 23.0 Å². The summed E-state index contributed by atoms with van der Waals surface area (Å²) in [4.78, 5) is 1.29. The number of aliphatic hydroxyl groups excluding tert-OH is 1. The Balaban J connectivity index is 1.97. The zero-order chi connectivity index (χ0) is 11.4. The van der Waals surface area contributed by atoms with Crippen LogP contribution < -0.4 is 5.32 Å². The van der Waals surface area contributed by atoms with E-state index >= 15 is 0 Å². The molecule has 1 aliphatic rings. The minimum Gasteiger partial charge on any atom is -0.395 e. The van der Waals surface area contributed by atoms with Crippen LogP contribution in [-0.2, 0) is 6.54 Å². The van der Waals surface area contributed by atoms with Gasteiger partial charge in [0.15, 0.2) is 0 Å². The number of hydrogen-bond donors (Lipinski definition) is 2. The van der Waals surface area contributed by atoms with E-state index in [-0.39, 0.29) is 11.9 Å². The monoisotopic (exact) mass is 237 g/mol. The van der Waals surface area contributed by atoms with Crippen molar-refractivity contribution in [1.82, 2.24) is 5.32 Å². The van der Waals surface area contributed by atoms with Gasteiger partial charge in [-0.25, -0.2) is 0 Å². The van der Waals surface area contributed by atoms with E-state index in [1.165, 1.54) is 23.3 Å². The summed E-state index contributed by atoms with van der Waals surface area (Å²) in [5, 5.41) is 12.9. The second-order valence-electron chi connectivity index (χ2n) is 4.37. The lowest BCUT2D eigenvalue weighted by molar-refractivity contribution is 0.300. The van der Waals surface area contributed by atoms with Gasteiger partial charge in [0.05, 0.1) is 6.61 Å². The van der Waals surface area contributed by atoms with Crippen molar-refractivity contribution < 1.29 is 5.11 Å². The Morgan fingerprint density at radius 2 is 2.19 bits per heavy atom. The van der Waals surface area contributed by atoms with Crippen LogP contribution in [0.5, 0.6) is 0 Å². The molecule has 16 heavy (non-hydrogen) atoms. The van der Waals surface area contributed by atoms with Crippen molar-refractivity contribution in [1.29, 1.82) is 0 Å². The van der Waals surface area contributed by atoms with Gasteiger partial charge in [-0.2, -0.15) is 0 Å². The molecule has 88 valence electrons. The summed E-state index contributed by atoms with van der Waals surface area (Å²) >= 11 is 1.75. The summed E-state index contributed by atoms with van der Waals surface area (Å²) < 4.78 is 0. The molecule has 1 atom stereocenters. The maximum absolute atomic E-state index is 9.08. The third-order valence-electron chi connectivity index (χ3n) is 2.72. The van der Waals surface area contributed by atoms with Crippen LogP contribution >= 0.6 is 11.8 Å². The quantitative estimate of drug-likeness (QED) is 0.745. The van der Waals surface area contributed by atoms with Crippen LogP contribution in [0.25, 0.3) is 0 Å². The van der Waals surface area contributed by atoms with Gasteiger partial charge in [-0.3, -0.25) is 0 Å². The Morgan fingerprint density at radius 3 is 2.88 bits per heavy atom. The van der Waals surface area contributed by atoms with Crippen molar-refractivity contribution in [2.24, 2.45) is 0 Å². The van der Waals surface area contributed by atoms with Crippen LogP contribution in [0.2, 0.25) is 0 Å². The summed E-state index contributed by atoms with van der Waals surface area (Å²) in [5.74, 6) is 0. The lowest BCUT2D eigenvalue weighted by Gasteiger charge is -2.12. The highest BCUT2D eigenvalue weighted by molar-refractivity contribution is 8.00. The molecule has 1 aromatic rings. The molecule has 0 aromatic heterocycles. The van der Waals surface area contributed by atoms with Gasteiger partial charge in [0.25, 0.3) is 0 Å². The van der Waals surface area contributed by atoms with Crippen LogP contribution in [0.4, 0.5) is 0 Å². The molecule has 3 heteroatoms. The topological polar surface area (TPSA) is 32.3 Å². The van der Waals surface area contributed by atoms with Crippen molar-refractivity contribution in [2.75, 3.05) is 6.61 Å². The van der Waals surface area contributed by atoms with Crippen molar-refractivity contribution in [3.05, 3.63) is 29.8 Å². The summed E-state index contributed by atoms with van der Waals surface area (Å²) in [5.41, 5.74) is 1.35. The fourth-order valence-corrected chi connectivity index (χ4v) is 2.52. The van der Waals surface area contributed by atoms with Crippen molar-refractivity contribution in [3.63, 3.8) is 0 Å². The van der Waals surface area contributed by atoms with Crippen molar-refractivity contribution in [3.8, 4) is 0 Å². The fraction of sp³-hybridized carbons (Fsp3) is 0.538. The Labute approximate surface area is 101 Å². The zero-order valence-corrected chi connectivity index (χ0v) is 10.5. The van der Waals surface area contributed by atoms with Crippen LogP contribution in [0.15, 0.2) is 29.2 Å². The van der Waals surface area contributed by atoms with E-state index in [4.69, 9.17) is 5.11 Å². The van der Waals surface area contributed by atoms with Gasteiger partial charge in [-0.15, -0.1) is 11.8 Å². The zero-order valence-electron chi connectivity index (χ0n) is 9.65. The first kappa shape index (κ1) is 12.0. The molecule has 0 saturated heterocycles. The van der Waals surface area contributed by atoms with Gasteiger partial charge in [0.2, 0.25) is 0 Å². The highest BCUT2D eigenvalue weighted by Crippen LogP contribution is 2.27. The molecule has 0 amide bonds. The Morgan fingerprint density at radius 1 is 1.44 bits per heavy atom. The number of thioether (sulfide) groups is 1. The largest absolute Gasteiger partial charge is 0.395 e. The van der Waals surface area contributed by atoms with E-state index in [1.807, 2.05) is 0 Å². The second-order valence-corrected chi connectivity index (χ2v) is 5.85. The lowest BCUT2D eigenvalue weighted by Crippen LogP contribution is -2.16. The first-order chi connectivity index (χ1) is 7.79. The van der Waals surface area contributed by atoms with Crippen LogP contribution in [0.1, 0.15) is 25.3 Å². The molecular formula is C13H19NOS. The second kappa shape index (κ2) is 5.71. The minimum absolute atomic E-state index is 0.231. The average Bonchev–Trinajstić information content (AvgIpc) is 3.11. The average molecular weight is 237 g/mol. The maximum atomic E-state index is 9.08. The predicted molar refractivity (Wildman–Crippen MR) is 68.7 cm³/mol. The minimum atomic E-state index is 0.231. The van der Waals surface area contributed by atoms with E-state index in [9.17, 15) is 0 Å². The highest BCUT2D eigenvalue weighted by atomic mass is 32.2. The molecule has 0 spiro atoms. The highest BCUT2D eigenvalue weighted by Gasteiger charge is 2.20. The first-order valence-corrected chi connectivity index (χ1v) is 6.76. The normalized spacial score (nSPS) is 17.4. The standard InChI is InChI=1S/C13H19NOS/c1-10(9-15)16-13-5-3-2-4-11(13)8-14-12-6-7-12/h2-5,10,12,14-15H,6-9H2,1H3. The van der Waals surface area contributed by atoms with Gasteiger partial charge in [-0.1, -0.05) is 25.1 Å². The van der Waals surface area contributed by atoms with E-state index in [0.717, 1.165) is 12.6 Å². The molecule has 2 N–H and O–H groups in total. The van der Waals surface area contributed by atoms with E-state index in [1.54, 1.807) is 11.8 Å². The molecule has 0 aliphatic heterocycles. The summed E-state index contributed by atoms with van der Waals surface area (Å²) in [6, 6.07) is 9.20. The number of hydrogen-bond acceptors (Lipinski definition) is 3. The molecular weight excluding hydrogens is 218 g/mol. The first-order valence-electron chi connectivity index (χ1n) is 5.88. The summed E-state index contributed by atoms with van der Waals surface area (Å²) in [6.07, 6.45) is 2.64. The molecule has 2 rings (SSSR count). The third kappa shape index (κ3) is 3.51. The maximum Gasteiger partial charge on any atom is 0.0550 e. The molecule has 1 aliphatic carbocycles. The summed E-state index contributed by atoms with van der Waals surface area (Å²) in [7, 11) is 0. The van der Waals surface area contributed by atoms with Crippen LogP contribution in [0.3, 0.4) is 0 Å². The lowest BCUT2D eigenvalue weighted by atomic mass is 10.2. The number of aliphatic hydroxyl groups is 1. The predicted octanol–water partition coefficient (Wildman–Crippen LogP) is 2.41. The molecule has 1 fully saturated rings. The number of nitrogens with one attached hydrogen (secondary N) is 1. The molecule has 0 heterocycles. The van der Waals surface area contributed by atoms with Gasteiger partial charge in [-0.05, 0) is 24.5 Å².